The van der Waals surface area contributed by atoms with Crippen LogP contribution in [0.5, 0.6) is 6.01 Å². The van der Waals surface area contributed by atoms with Crippen molar-refractivity contribution < 1.29 is 4.74 Å². The van der Waals surface area contributed by atoms with E-state index in [2.05, 4.69) is 20.3 Å². The summed E-state index contributed by atoms with van der Waals surface area (Å²) >= 11 is 0. The van der Waals surface area contributed by atoms with E-state index in [1.54, 1.807) is 7.05 Å². The highest BCUT2D eigenvalue weighted by atomic mass is 16.5. The number of hydrogen-bond donors (Lipinski definition) is 1. The lowest BCUT2D eigenvalue weighted by Gasteiger charge is -2.12. The van der Waals surface area contributed by atoms with Gasteiger partial charge in [-0.3, -0.25) is 0 Å². The summed E-state index contributed by atoms with van der Waals surface area (Å²) in [6.07, 6.45) is 2.51. The molecule has 0 unspecified atom stereocenters. The molecule has 0 atom stereocenters. The van der Waals surface area contributed by atoms with Crippen LogP contribution in [0.25, 0.3) is 0 Å². The van der Waals surface area contributed by atoms with Crippen molar-refractivity contribution in [2.24, 2.45) is 5.92 Å². The average molecular weight is 223 g/mol. The van der Waals surface area contributed by atoms with Crippen molar-refractivity contribution in [3.05, 3.63) is 0 Å². The molecule has 0 aromatic carbocycles. The molecule has 1 aliphatic carbocycles. The Kier molecular flexibility index (Phi) is 3.07. The highest BCUT2D eigenvalue weighted by Crippen LogP contribution is 2.29. The first-order valence-corrected chi connectivity index (χ1v) is 5.43. The fraction of sp³-hybridized carbons (Fsp3) is 0.700. The van der Waals surface area contributed by atoms with E-state index in [1.807, 2.05) is 19.0 Å². The smallest absolute Gasteiger partial charge is 0.323 e. The number of hydrogen-bond acceptors (Lipinski definition) is 6. The fourth-order valence-electron chi connectivity index (χ4n) is 1.20. The van der Waals surface area contributed by atoms with E-state index in [4.69, 9.17) is 4.74 Å². The molecule has 0 aliphatic heterocycles. The molecule has 0 bridgehead atoms. The summed E-state index contributed by atoms with van der Waals surface area (Å²) in [5.74, 6) is 1.83. The van der Waals surface area contributed by atoms with Gasteiger partial charge in [0, 0.05) is 21.1 Å². The molecule has 6 nitrogen and oxygen atoms in total. The largest absolute Gasteiger partial charge is 0.463 e. The van der Waals surface area contributed by atoms with E-state index >= 15 is 0 Å². The van der Waals surface area contributed by atoms with Gasteiger partial charge in [0.1, 0.15) is 0 Å². The van der Waals surface area contributed by atoms with E-state index in [0.717, 1.165) is 0 Å². The Labute approximate surface area is 95.1 Å². The van der Waals surface area contributed by atoms with Crippen molar-refractivity contribution in [1.82, 2.24) is 15.0 Å². The van der Waals surface area contributed by atoms with Crippen LogP contribution in [0.15, 0.2) is 0 Å². The van der Waals surface area contributed by atoms with Crippen LogP contribution in [0.4, 0.5) is 11.9 Å². The highest BCUT2D eigenvalue weighted by molar-refractivity contribution is 5.36. The van der Waals surface area contributed by atoms with Crippen molar-refractivity contribution in [2.45, 2.75) is 12.8 Å². The van der Waals surface area contributed by atoms with Crippen molar-refractivity contribution in [1.29, 1.82) is 0 Å². The molecule has 1 aromatic rings. The van der Waals surface area contributed by atoms with E-state index < -0.39 is 0 Å². The maximum atomic E-state index is 5.53. The molecular formula is C10H17N5O. The predicted octanol–water partition coefficient (Wildman–Crippen LogP) is 0.768. The van der Waals surface area contributed by atoms with E-state index in [1.165, 1.54) is 12.8 Å². The van der Waals surface area contributed by atoms with Crippen LogP contribution >= 0.6 is 0 Å². The average Bonchev–Trinajstić information content (AvgIpc) is 3.09. The molecule has 1 aliphatic rings. The summed E-state index contributed by atoms with van der Waals surface area (Å²) in [6.45, 7) is 0.708. The molecule has 0 spiro atoms. The highest BCUT2D eigenvalue weighted by Gasteiger charge is 2.22. The second-order valence-electron chi connectivity index (χ2n) is 4.14. The Bertz CT molecular complexity index is 364. The minimum atomic E-state index is 0.398. The maximum absolute atomic E-state index is 5.53. The number of anilines is 2. The topological polar surface area (TPSA) is 63.2 Å². The van der Waals surface area contributed by atoms with Crippen LogP contribution in [0.2, 0.25) is 0 Å². The zero-order chi connectivity index (χ0) is 11.5. The normalized spacial score (nSPS) is 14.7. The fourth-order valence-corrected chi connectivity index (χ4v) is 1.20. The Morgan fingerprint density at radius 1 is 1.31 bits per heavy atom. The Morgan fingerprint density at radius 2 is 2.06 bits per heavy atom. The Balaban J connectivity index is 2.11. The standard InChI is InChI=1S/C10H17N5O/c1-11-8-12-9(15(2)3)14-10(13-8)16-6-7-4-5-7/h7H,4-6H2,1-3H3,(H,11,12,13,14). The van der Waals surface area contributed by atoms with Gasteiger partial charge in [-0.25, -0.2) is 0 Å². The van der Waals surface area contributed by atoms with Crippen LogP contribution in [-0.2, 0) is 0 Å². The number of ether oxygens (including phenoxy) is 1. The first-order valence-electron chi connectivity index (χ1n) is 5.43. The molecule has 2 rings (SSSR count). The molecule has 1 aromatic heterocycles. The molecule has 0 amide bonds. The van der Waals surface area contributed by atoms with Gasteiger partial charge in [-0.05, 0) is 18.8 Å². The lowest BCUT2D eigenvalue weighted by Crippen LogP contribution is -2.16. The lowest BCUT2D eigenvalue weighted by atomic mass is 10.5. The van der Waals surface area contributed by atoms with Gasteiger partial charge in [0.05, 0.1) is 6.61 Å². The van der Waals surface area contributed by atoms with Crippen molar-refractivity contribution in [3.8, 4) is 6.01 Å². The number of rotatable bonds is 5. The molecule has 1 heterocycles. The van der Waals surface area contributed by atoms with E-state index in [-0.39, 0.29) is 0 Å². The van der Waals surface area contributed by atoms with E-state index in [9.17, 15) is 0 Å². The number of nitrogens with zero attached hydrogens (tertiary/aromatic N) is 4. The molecule has 16 heavy (non-hydrogen) atoms. The van der Waals surface area contributed by atoms with Gasteiger partial charge < -0.3 is 15.0 Å². The van der Waals surface area contributed by atoms with Crippen molar-refractivity contribution >= 4 is 11.9 Å². The molecular weight excluding hydrogens is 206 g/mol. The zero-order valence-electron chi connectivity index (χ0n) is 9.90. The van der Waals surface area contributed by atoms with Gasteiger partial charge >= 0.3 is 6.01 Å². The van der Waals surface area contributed by atoms with Crippen LogP contribution < -0.4 is 15.0 Å². The molecule has 1 N–H and O–H groups in total. The van der Waals surface area contributed by atoms with Gasteiger partial charge in [0.15, 0.2) is 0 Å². The number of aromatic nitrogens is 3. The third-order valence-corrected chi connectivity index (χ3v) is 2.37. The molecule has 88 valence electrons. The molecule has 0 saturated heterocycles. The quantitative estimate of drug-likeness (QED) is 0.795. The summed E-state index contributed by atoms with van der Waals surface area (Å²) < 4.78 is 5.53. The predicted molar refractivity (Wildman–Crippen MR) is 61.9 cm³/mol. The number of nitrogens with one attached hydrogen (secondary N) is 1. The maximum Gasteiger partial charge on any atom is 0.323 e. The summed E-state index contributed by atoms with van der Waals surface area (Å²) in [7, 11) is 5.55. The summed E-state index contributed by atoms with van der Waals surface area (Å²) in [6, 6.07) is 0.398. The van der Waals surface area contributed by atoms with Gasteiger partial charge in [0.2, 0.25) is 11.9 Å². The molecule has 0 radical (unpaired) electrons. The van der Waals surface area contributed by atoms with Crippen LogP contribution in [0.1, 0.15) is 12.8 Å². The Morgan fingerprint density at radius 3 is 2.62 bits per heavy atom. The van der Waals surface area contributed by atoms with Crippen LogP contribution in [0.3, 0.4) is 0 Å². The summed E-state index contributed by atoms with van der Waals surface area (Å²) in [4.78, 5) is 14.4. The second kappa shape index (κ2) is 4.51. The third kappa shape index (κ3) is 2.71. The first kappa shape index (κ1) is 10.9. The Hall–Kier alpha value is -1.59. The molecule has 1 fully saturated rings. The second-order valence-corrected chi connectivity index (χ2v) is 4.14. The minimum absolute atomic E-state index is 0.398. The van der Waals surface area contributed by atoms with E-state index in [0.29, 0.717) is 30.4 Å². The lowest BCUT2D eigenvalue weighted by molar-refractivity contribution is 0.276. The zero-order valence-corrected chi connectivity index (χ0v) is 9.90. The van der Waals surface area contributed by atoms with Crippen LogP contribution in [-0.4, -0.2) is 42.7 Å². The first-order chi connectivity index (χ1) is 7.69. The molecule has 6 heteroatoms. The third-order valence-electron chi connectivity index (χ3n) is 2.37. The van der Waals surface area contributed by atoms with Gasteiger partial charge in [0.25, 0.3) is 0 Å². The summed E-state index contributed by atoms with van der Waals surface area (Å²) in [5.41, 5.74) is 0. The van der Waals surface area contributed by atoms with Crippen LogP contribution in [0, 0.1) is 5.92 Å². The SMILES string of the molecule is CNc1nc(OCC2CC2)nc(N(C)C)n1. The minimum Gasteiger partial charge on any atom is -0.463 e. The summed E-state index contributed by atoms with van der Waals surface area (Å²) in [5, 5.41) is 2.90. The molecule has 1 saturated carbocycles. The van der Waals surface area contributed by atoms with Crippen molar-refractivity contribution in [2.75, 3.05) is 38.0 Å². The van der Waals surface area contributed by atoms with Gasteiger partial charge in [-0.15, -0.1) is 0 Å². The monoisotopic (exact) mass is 223 g/mol. The van der Waals surface area contributed by atoms with Gasteiger partial charge in [-0.2, -0.15) is 15.0 Å². The van der Waals surface area contributed by atoms with Crippen molar-refractivity contribution in [3.63, 3.8) is 0 Å². The van der Waals surface area contributed by atoms with Gasteiger partial charge in [-0.1, -0.05) is 0 Å².